The first-order valence-corrected chi connectivity index (χ1v) is 8.01. The Hall–Kier alpha value is -2.37. The predicted molar refractivity (Wildman–Crippen MR) is 80.1 cm³/mol. The van der Waals surface area contributed by atoms with E-state index in [1.54, 1.807) is 6.07 Å². The third-order valence-corrected chi connectivity index (χ3v) is 5.19. The van der Waals surface area contributed by atoms with Gasteiger partial charge in [-0.2, -0.15) is 0 Å². The molecule has 6 heteroatoms. The van der Waals surface area contributed by atoms with Crippen LogP contribution in [-0.2, 0) is 9.59 Å². The predicted octanol–water partition coefficient (Wildman–Crippen LogP) is 1.21. The summed E-state index contributed by atoms with van der Waals surface area (Å²) in [5.74, 6) is -0.0662. The zero-order valence-corrected chi connectivity index (χ0v) is 12.6. The van der Waals surface area contributed by atoms with Crippen LogP contribution in [0.3, 0.4) is 0 Å². The highest BCUT2D eigenvalue weighted by molar-refractivity contribution is 6.06. The molecule has 0 unspecified atom stereocenters. The molecule has 2 fully saturated rings. The topological polar surface area (TPSA) is 79.6 Å². The molecule has 120 valence electrons. The molecule has 1 aromatic rings. The maximum atomic E-state index is 12.5. The van der Waals surface area contributed by atoms with Crippen LogP contribution in [0.2, 0.25) is 0 Å². The Morgan fingerprint density at radius 1 is 1.22 bits per heavy atom. The van der Waals surface area contributed by atoms with Crippen LogP contribution in [0.1, 0.15) is 23.2 Å². The summed E-state index contributed by atoms with van der Waals surface area (Å²) in [5, 5.41) is 2.76. The number of hydrogen-bond acceptors (Lipinski definition) is 4. The Kier molecular flexibility index (Phi) is 3.32. The first-order chi connectivity index (χ1) is 11.2. The van der Waals surface area contributed by atoms with Gasteiger partial charge in [0.2, 0.25) is 11.8 Å². The van der Waals surface area contributed by atoms with Crippen LogP contribution in [-0.4, -0.2) is 35.7 Å². The van der Waals surface area contributed by atoms with E-state index in [9.17, 15) is 14.4 Å². The molecule has 2 bridgehead atoms. The Morgan fingerprint density at radius 3 is 2.52 bits per heavy atom. The molecule has 2 heterocycles. The fourth-order valence-electron chi connectivity index (χ4n) is 4.12. The smallest absolute Gasteiger partial charge is 0.254 e. The van der Waals surface area contributed by atoms with Gasteiger partial charge in [0.1, 0.15) is 6.26 Å². The van der Waals surface area contributed by atoms with E-state index in [-0.39, 0.29) is 41.4 Å². The second-order valence-electron chi connectivity index (χ2n) is 6.45. The van der Waals surface area contributed by atoms with Gasteiger partial charge < -0.3 is 9.73 Å². The summed E-state index contributed by atoms with van der Waals surface area (Å²) < 4.78 is 4.86. The van der Waals surface area contributed by atoms with Gasteiger partial charge in [0, 0.05) is 13.1 Å². The van der Waals surface area contributed by atoms with Crippen LogP contribution in [0.4, 0.5) is 0 Å². The van der Waals surface area contributed by atoms with Crippen LogP contribution in [0.15, 0.2) is 35.2 Å². The molecule has 0 spiro atoms. The second kappa shape index (κ2) is 5.37. The summed E-state index contributed by atoms with van der Waals surface area (Å²) in [6, 6.07) is 1.59. The number of likely N-dealkylation sites (tertiary alicyclic amines) is 1. The van der Waals surface area contributed by atoms with Crippen molar-refractivity contribution in [3.05, 3.63) is 36.3 Å². The van der Waals surface area contributed by atoms with E-state index in [1.807, 2.05) is 0 Å². The Balaban J connectivity index is 1.30. The van der Waals surface area contributed by atoms with Gasteiger partial charge >= 0.3 is 0 Å². The van der Waals surface area contributed by atoms with Crippen molar-refractivity contribution in [3.63, 3.8) is 0 Å². The van der Waals surface area contributed by atoms with Gasteiger partial charge in [0.15, 0.2) is 0 Å². The number of amides is 3. The van der Waals surface area contributed by atoms with Gasteiger partial charge in [-0.15, -0.1) is 0 Å². The van der Waals surface area contributed by atoms with Crippen LogP contribution in [0.5, 0.6) is 0 Å². The number of allylic oxidation sites excluding steroid dienone is 2. The number of nitrogens with one attached hydrogen (secondary N) is 1. The number of imide groups is 1. The Morgan fingerprint density at radius 2 is 1.91 bits per heavy atom. The molecule has 1 aromatic heterocycles. The van der Waals surface area contributed by atoms with E-state index in [0.717, 1.165) is 6.42 Å². The lowest BCUT2D eigenvalue weighted by Gasteiger charge is -2.17. The van der Waals surface area contributed by atoms with Crippen molar-refractivity contribution in [2.45, 2.75) is 12.8 Å². The van der Waals surface area contributed by atoms with Crippen molar-refractivity contribution < 1.29 is 18.8 Å². The molecular formula is C17H18N2O4. The van der Waals surface area contributed by atoms with Crippen LogP contribution >= 0.6 is 0 Å². The third kappa shape index (κ3) is 2.20. The lowest BCUT2D eigenvalue weighted by molar-refractivity contribution is -0.140. The van der Waals surface area contributed by atoms with E-state index >= 15 is 0 Å². The normalized spacial score (nSPS) is 31.0. The largest absolute Gasteiger partial charge is 0.472 e. The first kappa shape index (κ1) is 14.2. The minimum Gasteiger partial charge on any atom is -0.472 e. The molecule has 0 radical (unpaired) electrons. The summed E-state index contributed by atoms with van der Waals surface area (Å²) in [6.07, 6.45) is 8.51. The molecule has 23 heavy (non-hydrogen) atoms. The van der Waals surface area contributed by atoms with Gasteiger partial charge in [0.25, 0.3) is 5.91 Å². The van der Waals surface area contributed by atoms with Gasteiger partial charge in [-0.3, -0.25) is 19.3 Å². The molecule has 1 saturated heterocycles. The second-order valence-corrected chi connectivity index (χ2v) is 6.45. The van der Waals surface area contributed by atoms with Gasteiger partial charge in [0.05, 0.1) is 23.7 Å². The highest BCUT2D eigenvalue weighted by Gasteiger charge is 2.58. The zero-order chi connectivity index (χ0) is 16.0. The van der Waals surface area contributed by atoms with Crippen LogP contribution in [0, 0.1) is 23.7 Å². The molecule has 3 amide bonds. The van der Waals surface area contributed by atoms with Crippen molar-refractivity contribution in [2.24, 2.45) is 23.7 Å². The lowest BCUT2D eigenvalue weighted by atomic mass is 9.85. The average molecular weight is 314 g/mol. The standard InChI is InChI=1S/C17H18N2O4/c20-15(12-4-7-23-9-12)18-5-1-6-19-16(21)13-10-2-3-11(8-10)14(13)17(19)22/h2-4,7,9-11,13-14H,1,5-6,8H2,(H,18,20)/t10-,11-,13+,14+/m0/s1. The number of carbonyl (C=O) groups is 3. The van der Waals surface area contributed by atoms with Crippen molar-refractivity contribution in [3.8, 4) is 0 Å². The van der Waals surface area contributed by atoms with Gasteiger partial charge in [-0.1, -0.05) is 12.2 Å². The average Bonchev–Trinajstić information content (AvgIpc) is 3.30. The number of rotatable bonds is 5. The summed E-state index contributed by atoms with van der Waals surface area (Å²) in [7, 11) is 0. The number of furan rings is 1. The van der Waals surface area contributed by atoms with Crippen molar-refractivity contribution in [2.75, 3.05) is 13.1 Å². The third-order valence-electron chi connectivity index (χ3n) is 5.19. The molecule has 6 nitrogen and oxygen atoms in total. The van der Waals surface area contributed by atoms with E-state index in [1.165, 1.54) is 17.4 Å². The summed E-state index contributed by atoms with van der Waals surface area (Å²) >= 11 is 0. The van der Waals surface area contributed by atoms with E-state index in [4.69, 9.17) is 4.42 Å². The lowest BCUT2D eigenvalue weighted by Crippen LogP contribution is -2.35. The maximum absolute atomic E-state index is 12.5. The fourth-order valence-corrected chi connectivity index (χ4v) is 4.12. The molecule has 0 aromatic carbocycles. The molecule has 1 aliphatic heterocycles. The number of carbonyl (C=O) groups excluding carboxylic acids is 3. The Bertz CT molecular complexity index is 649. The van der Waals surface area contributed by atoms with Crippen molar-refractivity contribution >= 4 is 17.7 Å². The quantitative estimate of drug-likeness (QED) is 0.503. The number of hydrogen-bond donors (Lipinski definition) is 1. The van der Waals surface area contributed by atoms with E-state index in [2.05, 4.69) is 17.5 Å². The van der Waals surface area contributed by atoms with E-state index in [0.29, 0.717) is 25.1 Å². The van der Waals surface area contributed by atoms with Crippen molar-refractivity contribution in [1.82, 2.24) is 10.2 Å². The van der Waals surface area contributed by atoms with E-state index < -0.39 is 0 Å². The molecule has 2 aliphatic carbocycles. The SMILES string of the molecule is O=C(NCCCN1C(=O)[C@H]2[C@H](C1=O)[C@H]1C=C[C@H]2C1)c1ccoc1. The molecule has 1 N–H and O–H groups in total. The van der Waals surface area contributed by atoms with Crippen LogP contribution in [0.25, 0.3) is 0 Å². The monoisotopic (exact) mass is 314 g/mol. The number of nitrogens with zero attached hydrogens (tertiary/aromatic N) is 1. The molecule has 3 aliphatic rings. The number of fused-ring (bicyclic) bond motifs is 5. The maximum Gasteiger partial charge on any atom is 0.254 e. The first-order valence-electron chi connectivity index (χ1n) is 8.01. The molecule has 4 atom stereocenters. The zero-order valence-electron chi connectivity index (χ0n) is 12.6. The molecule has 4 rings (SSSR count). The minimum atomic E-state index is -0.211. The minimum absolute atomic E-state index is 0.0296. The molecular weight excluding hydrogens is 296 g/mol. The summed E-state index contributed by atoms with van der Waals surface area (Å²) in [5.41, 5.74) is 0.468. The van der Waals surface area contributed by atoms with Crippen LogP contribution < -0.4 is 5.32 Å². The summed E-state index contributed by atoms with van der Waals surface area (Å²) in [6.45, 7) is 0.789. The highest BCUT2D eigenvalue weighted by atomic mass is 16.3. The highest BCUT2D eigenvalue weighted by Crippen LogP contribution is 2.52. The summed E-state index contributed by atoms with van der Waals surface area (Å²) in [4.78, 5) is 38.1. The Labute approximate surface area is 133 Å². The van der Waals surface area contributed by atoms with Crippen molar-refractivity contribution in [1.29, 1.82) is 0 Å². The molecule has 1 saturated carbocycles. The van der Waals surface area contributed by atoms with Gasteiger partial charge in [-0.25, -0.2) is 0 Å². The fraction of sp³-hybridized carbons (Fsp3) is 0.471. The van der Waals surface area contributed by atoms with Gasteiger partial charge in [-0.05, 0) is 30.7 Å².